The van der Waals surface area contributed by atoms with Crippen LogP contribution in [0, 0.1) is 6.92 Å². The zero-order chi connectivity index (χ0) is 18.1. The van der Waals surface area contributed by atoms with E-state index in [1.807, 2.05) is 12.1 Å². The number of methoxy groups -OCH3 is 1. The number of rotatable bonds is 10. The largest absolute Gasteiger partial charge is 0.493 e. The summed E-state index contributed by atoms with van der Waals surface area (Å²) >= 11 is 0. The SMILES string of the molecule is COc1cc(CNCCCN(C)C)ccc1OCc1ccc(C)cc1.Cl.Cl. The van der Waals surface area contributed by atoms with Crippen molar-refractivity contribution in [2.45, 2.75) is 26.5 Å². The van der Waals surface area contributed by atoms with E-state index in [4.69, 9.17) is 9.47 Å². The van der Waals surface area contributed by atoms with E-state index in [0.29, 0.717) is 6.61 Å². The van der Waals surface area contributed by atoms with Crippen molar-refractivity contribution in [2.24, 2.45) is 0 Å². The lowest BCUT2D eigenvalue weighted by Gasteiger charge is -2.13. The number of nitrogens with zero attached hydrogens (tertiary/aromatic N) is 1. The summed E-state index contributed by atoms with van der Waals surface area (Å²) in [5.74, 6) is 1.55. The van der Waals surface area contributed by atoms with Crippen LogP contribution in [0.1, 0.15) is 23.1 Å². The van der Waals surface area contributed by atoms with Gasteiger partial charge in [0.25, 0.3) is 0 Å². The summed E-state index contributed by atoms with van der Waals surface area (Å²) in [7, 11) is 5.88. The van der Waals surface area contributed by atoms with Crippen molar-refractivity contribution in [2.75, 3.05) is 34.3 Å². The molecule has 152 valence electrons. The summed E-state index contributed by atoms with van der Waals surface area (Å²) in [4.78, 5) is 2.20. The number of benzene rings is 2. The third-order valence-electron chi connectivity index (χ3n) is 4.03. The molecule has 0 fully saturated rings. The van der Waals surface area contributed by atoms with Crippen LogP contribution in [-0.2, 0) is 13.2 Å². The van der Waals surface area contributed by atoms with Crippen molar-refractivity contribution in [3.63, 3.8) is 0 Å². The number of aryl methyl sites for hydroxylation is 1. The molecule has 1 N–H and O–H groups in total. The summed E-state index contributed by atoms with van der Waals surface area (Å²) in [5, 5.41) is 3.47. The van der Waals surface area contributed by atoms with Gasteiger partial charge in [0.15, 0.2) is 11.5 Å². The maximum Gasteiger partial charge on any atom is 0.161 e. The van der Waals surface area contributed by atoms with E-state index >= 15 is 0 Å². The van der Waals surface area contributed by atoms with Crippen LogP contribution in [-0.4, -0.2) is 39.2 Å². The van der Waals surface area contributed by atoms with Crippen LogP contribution < -0.4 is 14.8 Å². The fraction of sp³-hybridized carbons (Fsp3) is 0.429. The van der Waals surface area contributed by atoms with Gasteiger partial charge in [0.05, 0.1) is 7.11 Å². The van der Waals surface area contributed by atoms with E-state index in [2.05, 4.69) is 61.6 Å². The fourth-order valence-electron chi connectivity index (χ4n) is 2.54. The second kappa shape index (κ2) is 13.7. The summed E-state index contributed by atoms with van der Waals surface area (Å²) < 4.78 is 11.4. The van der Waals surface area contributed by atoms with Crippen LogP contribution in [0.4, 0.5) is 0 Å². The zero-order valence-corrected chi connectivity index (χ0v) is 18.3. The van der Waals surface area contributed by atoms with E-state index in [1.54, 1.807) is 7.11 Å². The Balaban J connectivity index is 0.00000338. The van der Waals surface area contributed by atoms with Gasteiger partial charge in [-0.15, -0.1) is 24.8 Å². The van der Waals surface area contributed by atoms with Crippen molar-refractivity contribution in [1.82, 2.24) is 10.2 Å². The van der Waals surface area contributed by atoms with E-state index in [9.17, 15) is 0 Å². The van der Waals surface area contributed by atoms with E-state index in [0.717, 1.165) is 43.1 Å². The summed E-state index contributed by atoms with van der Waals surface area (Å²) in [6.45, 7) is 5.57. The maximum absolute atomic E-state index is 5.93. The van der Waals surface area contributed by atoms with Gasteiger partial charge in [0.1, 0.15) is 6.61 Å². The minimum atomic E-state index is 0. The van der Waals surface area contributed by atoms with Gasteiger partial charge in [-0.1, -0.05) is 35.9 Å². The highest BCUT2D eigenvalue weighted by Crippen LogP contribution is 2.28. The average Bonchev–Trinajstić information content (AvgIpc) is 2.61. The topological polar surface area (TPSA) is 33.7 Å². The Morgan fingerprint density at radius 3 is 2.22 bits per heavy atom. The van der Waals surface area contributed by atoms with Crippen LogP contribution in [0.3, 0.4) is 0 Å². The first kappa shape index (κ1) is 25.5. The number of ether oxygens (including phenoxy) is 2. The van der Waals surface area contributed by atoms with Crippen molar-refractivity contribution in [3.05, 3.63) is 59.2 Å². The summed E-state index contributed by atoms with van der Waals surface area (Å²) in [5.41, 5.74) is 3.60. The predicted molar refractivity (Wildman–Crippen MR) is 118 cm³/mol. The number of halogens is 2. The van der Waals surface area contributed by atoms with E-state index in [1.165, 1.54) is 11.1 Å². The summed E-state index contributed by atoms with van der Waals surface area (Å²) in [6.07, 6.45) is 1.14. The molecule has 0 heterocycles. The lowest BCUT2D eigenvalue weighted by molar-refractivity contribution is 0.284. The maximum atomic E-state index is 5.93. The van der Waals surface area contributed by atoms with Crippen molar-refractivity contribution < 1.29 is 9.47 Å². The van der Waals surface area contributed by atoms with Gasteiger partial charge in [0, 0.05) is 6.54 Å². The first-order valence-electron chi connectivity index (χ1n) is 8.79. The predicted octanol–water partition coefficient (Wildman–Crippen LogP) is 4.47. The Morgan fingerprint density at radius 2 is 1.59 bits per heavy atom. The Hall–Kier alpha value is -1.46. The Morgan fingerprint density at radius 1 is 0.926 bits per heavy atom. The molecule has 2 aromatic carbocycles. The molecule has 2 aromatic rings. The molecule has 6 heteroatoms. The summed E-state index contributed by atoms with van der Waals surface area (Å²) in [6, 6.07) is 14.5. The first-order valence-corrected chi connectivity index (χ1v) is 8.79. The van der Waals surface area contributed by atoms with E-state index < -0.39 is 0 Å². The smallest absolute Gasteiger partial charge is 0.161 e. The minimum absolute atomic E-state index is 0. The quantitative estimate of drug-likeness (QED) is 0.581. The average molecular weight is 415 g/mol. The second-order valence-electron chi connectivity index (χ2n) is 6.59. The normalized spacial score (nSPS) is 10.1. The molecule has 0 spiro atoms. The number of hydrogen-bond donors (Lipinski definition) is 1. The zero-order valence-electron chi connectivity index (χ0n) is 16.7. The van der Waals surface area contributed by atoms with Gasteiger partial charge >= 0.3 is 0 Å². The molecule has 0 aliphatic carbocycles. The Bertz CT molecular complexity index is 649. The van der Waals surface area contributed by atoms with Gasteiger partial charge in [-0.2, -0.15) is 0 Å². The van der Waals surface area contributed by atoms with Crippen LogP contribution >= 0.6 is 24.8 Å². The van der Waals surface area contributed by atoms with Crippen LogP contribution in [0.25, 0.3) is 0 Å². The molecule has 0 saturated heterocycles. The van der Waals surface area contributed by atoms with Gasteiger partial charge in [-0.05, 0) is 63.8 Å². The van der Waals surface area contributed by atoms with Crippen molar-refractivity contribution in [1.29, 1.82) is 0 Å². The third-order valence-corrected chi connectivity index (χ3v) is 4.03. The highest BCUT2D eigenvalue weighted by Gasteiger charge is 2.06. The molecule has 2 rings (SSSR count). The van der Waals surface area contributed by atoms with Crippen LogP contribution in [0.15, 0.2) is 42.5 Å². The molecule has 4 nitrogen and oxygen atoms in total. The first-order chi connectivity index (χ1) is 12.1. The molecule has 0 atom stereocenters. The second-order valence-corrected chi connectivity index (χ2v) is 6.59. The molecule has 0 saturated carbocycles. The molecule has 0 aliphatic heterocycles. The molecule has 0 bridgehead atoms. The molecular formula is C21H32Cl2N2O2. The Labute approximate surface area is 176 Å². The lowest BCUT2D eigenvalue weighted by atomic mass is 10.1. The standard InChI is InChI=1S/C21H30N2O2.2ClH/c1-17-6-8-18(9-7-17)16-25-20-11-10-19(14-21(20)24-4)15-22-12-5-13-23(2)3;;/h6-11,14,22H,5,12-13,15-16H2,1-4H3;2*1H. The highest BCUT2D eigenvalue weighted by atomic mass is 35.5. The third kappa shape index (κ3) is 9.34. The monoisotopic (exact) mass is 414 g/mol. The van der Waals surface area contributed by atoms with Gasteiger partial charge < -0.3 is 19.7 Å². The van der Waals surface area contributed by atoms with Gasteiger partial charge in [-0.3, -0.25) is 0 Å². The van der Waals surface area contributed by atoms with Crippen molar-refractivity contribution in [3.8, 4) is 11.5 Å². The minimum Gasteiger partial charge on any atom is -0.493 e. The van der Waals surface area contributed by atoms with E-state index in [-0.39, 0.29) is 24.8 Å². The molecule has 0 amide bonds. The number of nitrogens with one attached hydrogen (secondary N) is 1. The molecular weight excluding hydrogens is 383 g/mol. The molecule has 0 aromatic heterocycles. The molecule has 0 radical (unpaired) electrons. The molecule has 27 heavy (non-hydrogen) atoms. The van der Waals surface area contributed by atoms with Gasteiger partial charge in [-0.25, -0.2) is 0 Å². The number of hydrogen-bond acceptors (Lipinski definition) is 4. The van der Waals surface area contributed by atoms with Crippen molar-refractivity contribution >= 4 is 24.8 Å². The highest BCUT2D eigenvalue weighted by molar-refractivity contribution is 5.85. The van der Waals surface area contributed by atoms with Crippen LogP contribution in [0.2, 0.25) is 0 Å². The molecule has 0 unspecified atom stereocenters. The fourth-order valence-corrected chi connectivity index (χ4v) is 2.54. The molecule has 0 aliphatic rings. The van der Waals surface area contributed by atoms with Gasteiger partial charge in [0.2, 0.25) is 0 Å². The lowest BCUT2D eigenvalue weighted by Crippen LogP contribution is -2.21. The van der Waals surface area contributed by atoms with Crippen LogP contribution in [0.5, 0.6) is 11.5 Å². The Kier molecular flexibility index (Phi) is 12.9.